The number of rotatable bonds is 5. The third-order valence-electron chi connectivity index (χ3n) is 5.88. The minimum Gasteiger partial charge on any atom is -0.368 e. The fourth-order valence-corrected chi connectivity index (χ4v) is 4.23. The van der Waals surface area contributed by atoms with Gasteiger partial charge in [-0.3, -0.25) is 4.79 Å². The molecule has 4 aromatic rings. The molecule has 1 saturated heterocycles. The molecule has 1 amide bonds. The number of hydrogen-bond donors (Lipinski definition) is 3. The van der Waals surface area contributed by atoms with Crippen LogP contribution < -0.4 is 21.3 Å². The summed E-state index contributed by atoms with van der Waals surface area (Å²) in [6.45, 7) is 2.02. The molecule has 1 unspecified atom stereocenters. The van der Waals surface area contributed by atoms with Crippen LogP contribution in [0.15, 0.2) is 60.7 Å². The lowest BCUT2D eigenvalue weighted by Crippen LogP contribution is -2.58. The van der Waals surface area contributed by atoms with Gasteiger partial charge in [0.05, 0.1) is 11.2 Å². The molecule has 1 atom stereocenters. The lowest BCUT2D eigenvalue weighted by atomic mass is 10.1. The number of nitrogens with two attached hydrogens (primary N) is 1. The fourth-order valence-electron chi connectivity index (χ4n) is 4.10. The molecule has 8 nitrogen and oxygen atoms in total. The molecule has 1 aliphatic rings. The zero-order valence-corrected chi connectivity index (χ0v) is 19.5. The molecule has 2 aromatic carbocycles. The molecule has 0 aliphatic carbocycles. The molecule has 178 valence electrons. The number of anilines is 2. The number of carbonyl (C=O) groups excluding carboxylic acids is 1. The second-order valence-corrected chi connectivity index (χ2v) is 8.67. The van der Waals surface area contributed by atoms with Crippen molar-refractivity contribution in [3.8, 4) is 11.3 Å². The lowest BCUT2D eigenvalue weighted by Gasteiger charge is -2.36. The van der Waals surface area contributed by atoms with Gasteiger partial charge in [0.15, 0.2) is 5.82 Å². The van der Waals surface area contributed by atoms with Gasteiger partial charge in [0, 0.05) is 36.8 Å². The van der Waals surface area contributed by atoms with E-state index in [1.807, 2.05) is 17.0 Å². The standard InChI is InChI=1S/C25H23ClFN7O/c26-17-5-1-15(2-6-17)13-30-24(35)21-14-29-11-12-34(21)23-22-20(32-25(28)33-23)10-9-19(31-22)16-3-7-18(27)8-4-16/h1-10,21,29H,11-14H2,(H,30,35)(H2,28,32,33). The van der Waals surface area contributed by atoms with Gasteiger partial charge in [0.2, 0.25) is 11.9 Å². The quantitative estimate of drug-likeness (QED) is 0.393. The molecular weight excluding hydrogens is 469 g/mol. The third-order valence-corrected chi connectivity index (χ3v) is 6.13. The Bertz CT molecular complexity index is 1370. The average molecular weight is 492 g/mol. The van der Waals surface area contributed by atoms with Gasteiger partial charge in [-0.2, -0.15) is 4.98 Å². The second-order valence-electron chi connectivity index (χ2n) is 8.23. The molecule has 0 spiro atoms. The van der Waals surface area contributed by atoms with Gasteiger partial charge in [-0.05, 0) is 54.1 Å². The van der Waals surface area contributed by atoms with E-state index in [9.17, 15) is 9.18 Å². The molecular formula is C25H23ClFN7O. The van der Waals surface area contributed by atoms with E-state index in [1.165, 1.54) is 12.1 Å². The first kappa shape index (κ1) is 22.9. The maximum absolute atomic E-state index is 13.4. The van der Waals surface area contributed by atoms with E-state index in [-0.39, 0.29) is 17.7 Å². The number of halogens is 2. The molecule has 2 aromatic heterocycles. The smallest absolute Gasteiger partial charge is 0.244 e. The molecule has 4 N–H and O–H groups in total. The van der Waals surface area contributed by atoms with E-state index in [1.54, 1.807) is 36.4 Å². The van der Waals surface area contributed by atoms with E-state index in [0.717, 1.165) is 11.1 Å². The summed E-state index contributed by atoms with van der Waals surface area (Å²) in [7, 11) is 0. The van der Waals surface area contributed by atoms with Gasteiger partial charge < -0.3 is 21.3 Å². The molecule has 3 heterocycles. The second kappa shape index (κ2) is 9.81. The summed E-state index contributed by atoms with van der Waals surface area (Å²) >= 11 is 5.95. The number of nitrogens with one attached hydrogen (secondary N) is 2. The molecule has 0 radical (unpaired) electrons. The SMILES string of the molecule is Nc1nc(N2CCNCC2C(=O)NCc2ccc(Cl)cc2)c2nc(-c3ccc(F)cc3)ccc2n1. The first-order valence-electron chi connectivity index (χ1n) is 11.2. The van der Waals surface area contributed by atoms with Crippen molar-refractivity contribution in [1.29, 1.82) is 0 Å². The Balaban J connectivity index is 1.47. The number of aromatic nitrogens is 3. The van der Waals surface area contributed by atoms with Gasteiger partial charge >= 0.3 is 0 Å². The summed E-state index contributed by atoms with van der Waals surface area (Å²) in [4.78, 5) is 28.7. The predicted octanol–water partition coefficient (Wildman–Crippen LogP) is 3.16. The number of hydrogen-bond acceptors (Lipinski definition) is 7. The molecule has 10 heteroatoms. The van der Waals surface area contributed by atoms with Crippen LogP contribution in [0.2, 0.25) is 5.02 Å². The molecule has 1 fully saturated rings. The lowest BCUT2D eigenvalue weighted by molar-refractivity contribution is -0.122. The highest BCUT2D eigenvalue weighted by atomic mass is 35.5. The van der Waals surface area contributed by atoms with E-state index >= 15 is 0 Å². The highest BCUT2D eigenvalue weighted by molar-refractivity contribution is 6.30. The van der Waals surface area contributed by atoms with Crippen LogP contribution in [0.5, 0.6) is 0 Å². The van der Waals surface area contributed by atoms with Crippen molar-refractivity contribution in [3.05, 3.63) is 77.1 Å². The number of piperazine rings is 1. The Morgan fingerprint density at radius 3 is 2.63 bits per heavy atom. The van der Waals surface area contributed by atoms with Crippen LogP contribution in [0.25, 0.3) is 22.3 Å². The normalized spacial score (nSPS) is 15.8. The summed E-state index contributed by atoms with van der Waals surface area (Å²) in [5.74, 6) is 0.124. The molecule has 35 heavy (non-hydrogen) atoms. The van der Waals surface area contributed by atoms with E-state index in [2.05, 4.69) is 20.6 Å². The van der Waals surface area contributed by atoms with Crippen LogP contribution in [0.3, 0.4) is 0 Å². The zero-order chi connectivity index (χ0) is 24.4. The van der Waals surface area contributed by atoms with Crippen molar-refractivity contribution in [2.24, 2.45) is 0 Å². The van der Waals surface area contributed by atoms with Gasteiger partial charge in [0.1, 0.15) is 17.4 Å². The summed E-state index contributed by atoms with van der Waals surface area (Å²) in [5.41, 5.74) is 9.46. The summed E-state index contributed by atoms with van der Waals surface area (Å²) in [6.07, 6.45) is 0. The van der Waals surface area contributed by atoms with Gasteiger partial charge in [0.25, 0.3) is 0 Å². The topological polar surface area (TPSA) is 109 Å². The number of benzene rings is 2. The minimum absolute atomic E-state index is 0.0997. The Morgan fingerprint density at radius 1 is 1.09 bits per heavy atom. The maximum atomic E-state index is 13.4. The maximum Gasteiger partial charge on any atom is 0.244 e. The average Bonchev–Trinajstić information content (AvgIpc) is 2.88. The number of nitrogen functional groups attached to an aromatic ring is 1. The fraction of sp³-hybridized carbons (Fsp3) is 0.200. The largest absolute Gasteiger partial charge is 0.368 e. The van der Waals surface area contributed by atoms with E-state index < -0.39 is 6.04 Å². The zero-order valence-electron chi connectivity index (χ0n) is 18.7. The minimum atomic E-state index is -0.523. The van der Waals surface area contributed by atoms with Gasteiger partial charge in [-0.1, -0.05) is 23.7 Å². The predicted molar refractivity (Wildman–Crippen MR) is 134 cm³/mol. The number of fused-ring (bicyclic) bond motifs is 1. The number of amides is 1. The monoisotopic (exact) mass is 491 g/mol. The van der Waals surface area contributed by atoms with Crippen LogP contribution in [-0.2, 0) is 11.3 Å². The highest BCUT2D eigenvalue weighted by Crippen LogP contribution is 2.28. The Labute approximate surface area is 206 Å². The van der Waals surface area contributed by atoms with Crippen molar-refractivity contribution in [1.82, 2.24) is 25.6 Å². The number of carbonyl (C=O) groups is 1. The van der Waals surface area contributed by atoms with E-state index in [4.69, 9.17) is 22.3 Å². The Hall–Kier alpha value is -3.82. The van der Waals surface area contributed by atoms with Gasteiger partial charge in [-0.15, -0.1) is 0 Å². The van der Waals surface area contributed by atoms with Crippen LogP contribution in [-0.4, -0.2) is 46.5 Å². The highest BCUT2D eigenvalue weighted by Gasteiger charge is 2.31. The van der Waals surface area contributed by atoms with Crippen molar-refractivity contribution < 1.29 is 9.18 Å². The molecule has 0 saturated carbocycles. The third kappa shape index (κ3) is 5.01. The van der Waals surface area contributed by atoms with Crippen LogP contribution in [0.4, 0.5) is 16.2 Å². The summed E-state index contributed by atoms with van der Waals surface area (Å²) in [6, 6.07) is 16.5. The molecule has 5 rings (SSSR count). The first-order chi connectivity index (χ1) is 17.0. The van der Waals surface area contributed by atoms with Crippen LogP contribution in [0, 0.1) is 5.82 Å². The van der Waals surface area contributed by atoms with Crippen molar-refractivity contribution >= 4 is 40.3 Å². The van der Waals surface area contributed by atoms with Crippen molar-refractivity contribution in [2.75, 3.05) is 30.3 Å². The van der Waals surface area contributed by atoms with Crippen molar-refractivity contribution in [2.45, 2.75) is 12.6 Å². The molecule has 0 bridgehead atoms. The first-order valence-corrected chi connectivity index (χ1v) is 11.6. The summed E-state index contributed by atoms with van der Waals surface area (Å²) < 4.78 is 13.4. The van der Waals surface area contributed by atoms with Crippen molar-refractivity contribution in [3.63, 3.8) is 0 Å². The van der Waals surface area contributed by atoms with E-state index in [0.29, 0.717) is 53.7 Å². The summed E-state index contributed by atoms with van der Waals surface area (Å²) in [5, 5.41) is 6.92. The number of nitrogens with zero attached hydrogens (tertiary/aromatic N) is 4. The van der Waals surface area contributed by atoms with Gasteiger partial charge in [-0.25, -0.2) is 14.4 Å². The molecule has 1 aliphatic heterocycles. The van der Waals surface area contributed by atoms with Crippen LogP contribution in [0.1, 0.15) is 5.56 Å². The Kier molecular flexibility index (Phi) is 6.43. The number of pyridine rings is 1. The Morgan fingerprint density at radius 2 is 1.86 bits per heavy atom. The van der Waals surface area contributed by atoms with Crippen LogP contribution >= 0.6 is 11.6 Å².